The fourth-order valence-electron chi connectivity index (χ4n) is 1.99. The highest BCUT2D eigenvalue weighted by atomic mass is 79.9. The molecular formula is C13H12BrFN2OS. The molecule has 0 spiro atoms. The SMILES string of the molecule is Fc1ccc(Br)cc1-c1csc(C2COCCN2)n1. The van der Waals surface area contributed by atoms with E-state index in [9.17, 15) is 4.39 Å². The Balaban J connectivity index is 1.89. The molecule has 0 radical (unpaired) electrons. The molecule has 1 saturated heterocycles. The number of benzene rings is 1. The van der Waals surface area contributed by atoms with Gasteiger partial charge in [0.05, 0.1) is 24.9 Å². The highest BCUT2D eigenvalue weighted by molar-refractivity contribution is 9.10. The molecule has 2 heterocycles. The van der Waals surface area contributed by atoms with E-state index >= 15 is 0 Å². The van der Waals surface area contributed by atoms with Crippen molar-refractivity contribution in [3.8, 4) is 11.3 Å². The molecule has 0 bridgehead atoms. The van der Waals surface area contributed by atoms with Crippen molar-refractivity contribution < 1.29 is 9.13 Å². The number of hydrogen-bond acceptors (Lipinski definition) is 4. The second kappa shape index (κ2) is 5.66. The van der Waals surface area contributed by atoms with Crippen molar-refractivity contribution in [2.45, 2.75) is 6.04 Å². The van der Waals surface area contributed by atoms with Crippen LogP contribution in [-0.4, -0.2) is 24.7 Å². The van der Waals surface area contributed by atoms with Crippen LogP contribution in [0.3, 0.4) is 0 Å². The number of morpholine rings is 1. The monoisotopic (exact) mass is 342 g/mol. The van der Waals surface area contributed by atoms with Crippen molar-refractivity contribution in [1.29, 1.82) is 0 Å². The van der Waals surface area contributed by atoms with Gasteiger partial charge >= 0.3 is 0 Å². The minimum Gasteiger partial charge on any atom is -0.378 e. The standard InChI is InChI=1S/C13H12BrFN2OS/c14-8-1-2-10(15)9(5-8)12-7-19-13(17-12)11-6-18-4-3-16-11/h1-2,5,7,11,16H,3-4,6H2. The van der Waals surface area contributed by atoms with Crippen LogP contribution < -0.4 is 5.32 Å². The summed E-state index contributed by atoms with van der Waals surface area (Å²) in [5.41, 5.74) is 1.19. The number of nitrogens with zero attached hydrogens (tertiary/aromatic N) is 1. The van der Waals surface area contributed by atoms with Crippen molar-refractivity contribution >= 4 is 27.3 Å². The molecule has 0 saturated carbocycles. The summed E-state index contributed by atoms with van der Waals surface area (Å²) in [5, 5.41) is 6.17. The molecule has 100 valence electrons. The summed E-state index contributed by atoms with van der Waals surface area (Å²) in [7, 11) is 0. The van der Waals surface area contributed by atoms with E-state index < -0.39 is 0 Å². The first-order valence-electron chi connectivity index (χ1n) is 5.96. The lowest BCUT2D eigenvalue weighted by molar-refractivity contribution is 0.0768. The van der Waals surface area contributed by atoms with E-state index in [1.54, 1.807) is 12.1 Å². The smallest absolute Gasteiger partial charge is 0.132 e. The van der Waals surface area contributed by atoms with Crippen LogP contribution in [0.15, 0.2) is 28.1 Å². The van der Waals surface area contributed by atoms with Crippen LogP contribution >= 0.6 is 27.3 Å². The fraction of sp³-hybridized carbons (Fsp3) is 0.308. The molecule has 19 heavy (non-hydrogen) atoms. The van der Waals surface area contributed by atoms with E-state index in [4.69, 9.17) is 4.74 Å². The molecule has 6 heteroatoms. The van der Waals surface area contributed by atoms with Crippen molar-refractivity contribution in [2.75, 3.05) is 19.8 Å². The second-order valence-corrected chi connectivity index (χ2v) is 6.08. The van der Waals surface area contributed by atoms with Crippen LogP contribution in [-0.2, 0) is 4.74 Å². The summed E-state index contributed by atoms with van der Waals surface area (Å²) < 4.78 is 20.1. The zero-order valence-corrected chi connectivity index (χ0v) is 12.4. The third kappa shape index (κ3) is 2.86. The maximum absolute atomic E-state index is 13.8. The maximum atomic E-state index is 13.8. The van der Waals surface area contributed by atoms with E-state index in [1.807, 2.05) is 5.38 Å². The normalized spacial score (nSPS) is 19.6. The average Bonchev–Trinajstić information content (AvgIpc) is 2.92. The Morgan fingerprint density at radius 3 is 3.16 bits per heavy atom. The molecular weight excluding hydrogens is 331 g/mol. The van der Waals surface area contributed by atoms with E-state index in [2.05, 4.69) is 26.2 Å². The largest absolute Gasteiger partial charge is 0.378 e. The molecule has 1 aliphatic rings. The highest BCUT2D eigenvalue weighted by Crippen LogP contribution is 2.29. The van der Waals surface area contributed by atoms with Crippen molar-refractivity contribution in [3.63, 3.8) is 0 Å². The van der Waals surface area contributed by atoms with Gasteiger partial charge in [-0.1, -0.05) is 15.9 Å². The van der Waals surface area contributed by atoms with Gasteiger partial charge in [0.15, 0.2) is 0 Å². The molecule has 0 aliphatic carbocycles. The lowest BCUT2D eigenvalue weighted by atomic mass is 10.1. The quantitative estimate of drug-likeness (QED) is 0.908. The number of halogens is 2. The number of hydrogen-bond donors (Lipinski definition) is 1. The van der Waals surface area contributed by atoms with Gasteiger partial charge in [-0.3, -0.25) is 0 Å². The predicted octanol–water partition coefficient (Wildman–Crippen LogP) is 3.37. The van der Waals surface area contributed by atoms with Gasteiger partial charge in [0.1, 0.15) is 10.8 Å². The van der Waals surface area contributed by atoms with Gasteiger partial charge in [-0.2, -0.15) is 0 Å². The first-order valence-corrected chi connectivity index (χ1v) is 7.63. The summed E-state index contributed by atoms with van der Waals surface area (Å²) in [4.78, 5) is 4.52. The maximum Gasteiger partial charge on any atom is 0.132 e. The third-order valence-electron chi connectivity index (χ3n) is 2.95. The Morgan fingerprint density at radius 1 is 1.47 bits per heavy atom. The van der Waals surface area contributed by atoms with Crippen LogP contribution in [0.5, 0.6) is 0 Å². The number of nitrogens with one attached hydrogen (secondary N) is 1. The second-order valence-electron chi connectivity index (χ2n) is 4.28. The molecule has 1 N–H and O–H groups in total. The molecule has 2 aromatic rings. The average molecular weight is 343 g/mol. The van der Waals surface area contributed by atoms with Gasteiger partial charge in [0.25, 0.3) is 0 Å². The van der Waals surface area contributed by atoms with E-state index in [-0.39, 0.29) is 11.9 Å². The summed E-state index contributed by atoms with van der Waals surface area (Å²) in [5.74, 6) is -0.257. The van der Waals surface area contributed by atoms with Crippen LogP contribution in [0.4, 0.5) is 4.39 Å². The molecule has 1 fully saturated rings. The van der Waals surface area contributed by atoms with Gasteiger partial charge in [0.2, 0.25) is 0 Å². The molecule has 0 amide bonds. The van der Waals surface area contributed by atoms with E-state index in [0.29, 0.717) is 17.9 Å². The molecule has 1 aliphatic heterocycles. The Morgan fingerprint density at radius 2 is 2.37 bits per heavy atom. The topological polar surface area (TPSA) is 34.1 Å². The first kappa shape index (κ1) is 13.2. The molecule has 1 unspecified atom stereocenters. The Bertz CT molecular complexity index is 584. The zero-order valence-electron chi connectivity index (χ0n) is 10.0. The van der Waals surface area contributed by atoms with Crippen molar-refractivity contribution in [1.82, 2.24) is 10.3 Å². The number of ether oxygens (including phenoxy) is 1. The minimum atomic E-state index is -0.257. The molecule has 1 aromatic heterocycles. The Kier molecular flexibility index (Phi) is 3.93. The predicted molar refractivity (Wildman–Crippen MR) is 76.8 cm³/mol. The van der Waals surface area contributed by atoms with Gasteiger partial charge in [-0.05, 0) is 18.2 Å². The fourth-order valence-corrected chi connectivity index (χ4v) is 3.23. The third-order valence-corrected chi connectivity index (χ3v) is 4.40. The number of rotatable bonds is 2. The molecule has 3 rings (SSSR count). The van der Waals surface area contributed by atoms with Crippen LogP contribution in [0.25, 0.3) is 11.3 Å². The molecule has 3 nitrogen and oxygen atoms in total. The first-order chi connectivity index (χ1) is 9.24. The van der Waals surface area contributed by atoms with Crippen molar-refractivity contribution in [2.24, 2.45) is 0 Å². The summed E-state index contributed by atoms with van der Waals surface area (Å²) >= 11 is 4.88. The van der Waals surface area contributed by atoms with Gasteiger partial charge in [-0.25, -0.2) is 9.37 Å². The van der Waals surface area contributed by atoms with Gasteiger partial charge in [-0.15, -0.1) is 11.3 Å². The molecule has 1 aromatic carbocycles. The molecule has 1 atom stereocenters. The lowest BCUT2D eigenvalue weighted by Gasteiger charge is -2.21. The summed E-state index contributed by atoms with van der Waals surface area (Å²) in [6.45, 7) is 2.17. The Labute approximate surface area is 122 Å². The zero-order chi connectivity index (χ0) is 13.2. The van der Waals surface area contributed by atoms with E-state index in [0.717, 1.165) is 22.6 Å². The summed E-state index contributed by atoms with van der Waals surface area (Å²) in [6.07, 6.45) is 0. The minimum absolute atomic E-state index is 0.114. The number of aromatic nitrogens is 1. The van der Waals surface area contributed by atoms with Crippen LogP contribution in [0.1, 0.15) is 11.0 Å². The lowest BCUT2D eigenvalue weighted by Crippen LogP contribution is -2.34. The van der Waals surface area contributed by atoms with Gasteiger partial charge in [0, 0.05) is 22.0 Å². The summed E-state index contributed by atoms with van der Waals surface area (Å²) in [6, 6.07) is 4.99. The Hall–Kier alpha value is -0.820. The number of thiazole rings is 1. The van der Waals surface area contributed by atoms with Gasteiger partial charge < -0.3 is 10.1 Å². The van der Waals surface area contributed by atoms with Crippen molar-refractivity contribution in [3.05, 3.63) is 38.9 Å². The van der Waals surface area contributed by atoms with Crippen LogP contribution in [0.2, 0.25) is 0 Å². The highest BCUT2D eigenvalue weighted by Gasteiger charge is 2.19. The van der Waals surface area contributed by atoms with E-state index in [1.165, 1.54) is 17.4 Å². The van der Waals surface area contributed by atoms with Crippen LogP contribution in [0, 0.1) is 5.82 Å².